The average molecular weight is 289 g/mol. The first-order chi connectivity index (χ1) is 9.58. The normalized spacial score (nSPS) is 19.1. The molecular weight excluding hydrogens is 270 g/mol. The first-order valence-electron chi connectivity index (χ1n) is 6.80. The van der Waals surface area contributed by atoms with Gasteiger partial charge in [0.2, 0.25) is 0 Å². The van der Waals surface area contributed by atoms with Crippen molar-refractivity contribution in [2.75, 3.05) is 32.9 Å². The van der Waals surface area contributed by atoms with E-state index < -0.39 is 0 Å². The van der Waals surface area contributed by atoms with Gasteiger partial charge in [-0.15, -0.1) is 11.3 Å². The maximum Gasteiger partial charge on any atom is 0.266 e. The number of hydrogen-bond acceptors (Lipinski definition) is 4. The number of rotatable bonds is 2. The van der Waals surface area contributed by atoms with Crippen LogP contribution in [0.5, 0.6) is 0 Å². The van der Waals surface area contributed by atoms with E-state index in [9.17, 15) is 4.79 Å². The van der Waals surface area contributed by atoms with Crippen molar-refractivity contribution in [3.63, 3.8) is 0 Å². The fraction of sp³-hybridized carbons (Fsp3) is 0.400. The molecule has 2 heterocycles. The van der Waals surface area contributed by atoms with Crippen molar-refractivity contribution in [3.8, 4) is 0 Å². The molecule has 4 nitrogen and oxygen atoms in total. The Morgan fingerprint density at radius 2 is 2.15 bits per heavy atom. The van der Waals surface area contributed by atoms with Crippen molar-refractivity contribution in [1.82, 2.24) is 9.80 Å². The number of carbonyl (C=O) groups excluding carboxylic acids is 1. The fourth-order valence-corrected chi connectivity index (χ4v) is 3.81. The smallest absolute Gasteiger partial charge is 0.266 e. The molecule has 2 aromatic rings. The minimum absolute atomic E-state index is 0.0769. The highest BCUT2D eigenvalue weighted by Crippen LogP contribution is 2.34. The number of fused-ring (bicyclic) bond motifs is 1. The molecule has 0 bridgehead atoms. The SMILES string of the molecule is CN(C)C1CCN(C(=O)c2sc3ccccc3c2N)C1. The van der Waals surface area contributed by atoms with Crippen molar-refractivity contribution < 1.29 is 4.79 Å². The lowest BCUT2D eigenvalue weighted by molar-refractivity contribution is 0.0789. The van der Waals surface area contributed by atoms with Gasteiger partial charge in [-0.25, -0.2) is 0 Å². The van der Waals surface area contributed by atoms with Gasteiger partial charge in [0.1, 0.15) is 4.88 Å². The van der Waals surface area contributed by atoms with Crippen LogP contribution in [0.1, 0.15) is 16.1 Å². The highest BCUT2D eigenvalue weighted by molar-refractivity contribution is 7.21. The Labute approximate surface area is 122 Å². The van der Waals surface area contributed by atoms with Crippen molar-refractivity contribution >= 4 is 33.0 Å². The van der Waals surface area contributed by atoms with Crippen LogP contribution in [-0.2, 0) is 0 Å². The highest BCUT2D eigenvalue weighted by atomic mass is 32.1. The fourth-order valence-electron chi connectivity index (χ4n) is 2.72. The van der Waals surface area contributed by atoms with Gasteiger partial charge in [-0.2, -0.15) is 0 Å². The highest BCUT2D eigenvalue weighted by Gasteiger charge is 2.30. The summed E-state index contributed by atoms with van der Waals surface area (Å²) >= 11 is 1.50. The Bertz CT molecular complexity index is 650. The van der Waals surface area contributed by atoms with Crippen LogP contribution in [0.25, 0.3) is 10.1 Å². The second-order valence-corrected chi connectivity index (χ2v) is 6.55. The Balaban J connectivity index is 1.88. The van der Waals surface area contributed by atoms with Crippen LogP contribution >= 0.6 is 11.3 Å². The lowest BCUT2D eigenvalue weighted by Crippen LogP contribution is -2.34. The largest absolute Gasteiger partial charge is 0.397 e. The number of likely N-dealkylation sites (N-methyl/N-ethyl adjacent to an activating group) is 1. The summed E-state index contributed by atoms with van der Waals surface area (Å²) < 4.78 is 1.08. The van der Waals surface area contributed by atoms with E-state index in [2.05, 4.69) is 19.0 Å². The summed E-state index contributed by atoms with van der Waals surface area (Å²) in [5.74, 6) is 0.0769. The molecule has 1 fully saturated rings. The zero-order chi connectivity index (χ0) is 14.3. The molecule has 1 saturated heterocycles. The molecule has 20 heavy (non-hydrogen) atoms. The Morgan fingerprint density at radius 3 is 2.80 bits per heavy atom. The van der Waals surface area contributed by atoms with E-state index in [1.807, 2.05) is 29.2 Å². The second-order valence-electron chi connectivity index (χ2n) is 5.50. The first-order valence-corrected chi connectivity index (χ1v) is 7.62. The van der Waals surface area contributed by atoms with E-state index in [1.165, 1.54) is 11.3 Å². The topological polar surface area (TPSA) is 49.6 Å². The van der Waals surface area contributed by atoms with Gasteiger partial charge in [-0.3, -0.25) is 4.79 Å². The van der Waals surface area contributed by atoms with Gasteiger partial charge in [-0.05, 0) is 26.6 Å². The average Bonchev–Trinajstić information content (AvgIpc) is 3.04. The zero-order valence-electron chi connectivity index (χ0n) is 11.8. The van der Waals surface area contributed by atoms with E-state index in [0.717, 1.165) is 29.6 Å². The predicted octanol–water partition coefficient (Wildman–Crippen LogP) is 2.26. The summed E-state index contributed by atoms with van der Waals surface area (Å²) in [6, 6.07) is 8.38. The molecule has 1 aromatic carbocycles. The Hall–Kier alpha value is -1.59. The Kier molecular flexibility index (Phi) is 3.40. The van der Waals surface area contributed by atoms with Gasteiger partial charge in [-0.1, -0.05) is 18.2 Å². The molecule has 1 atom stereocenters. The number of nitrogens with zero attached hydrogens (tertiary/aromatic N) is 2. The number of nitrogens with two attached hydrogens (primary N) is 1. The van der Waals surface area contributed by atoms with E-state index in [4.69, 9.17) is 5.73 Å². The van der Waals surface area contributed by atoms with Gasteiger partial charge < -0.3 is 15.5 Å². The molecule has 1 aromatic heterocycles. The molecule has 1 aliphatic heterocycles. The van der Waals surface area contributed by atoms with Crippen LogP contribution in [0.2, 0.25) is 0 Å². The molecule has 3 rings (SSSR count). The van der Waals surface area contributed by atoms with Gasteiger partial charge in [0, 0.05) is 29.2 Å². The van der Waals surface area contributed by atoms with Crippen molar-refractivity contribution in [2.24, 2.45) is 0 Å². The molecule has 5 heteroatoms. The van der Waals surface area contributed by atoms with Crippen LogP contribution in [-0.4, -0.2) is 48.9 Å². The molecule has 1 amide bonds. The number of benzene rings is 1. The van der Waals surface area contributed by atoms with E-state index in [-0.39, 0.29) is 5.91 Å². The monoisotopic (exact) mass is 289 g/mol. The maximum absolute atomic E-state index is 12.6. The third kappa shape index (κ3) is 2.17. The molecule has 0 radical (unpaired) electrons. The standard InChI is InChI=1S/C15H19N3OS/c1-17(2)10-7-8-18(9-10)15(19)14-13(16)11-5-3-4-6-12(11)20-14/h3-6,10H,7-9,16H2,1-2H3. The number of carbonyl (C=O) groups is 1. The lowest BCUT2D eigenvalue weighted by Gasteiger charge is -2.20. The quantitative estimate of drug-likeness (QED) is 0.922. The van der Waals surface area contributed by atoms with Crippen LogP contribution in [0.3, 0.4) is 0 Å². The van der Waals surface area contributed by atoms with Crippen molar-refractivity contribution in [2.45, 2.75) is 12.5 Å². The van der Waals surface area contributed by atoms with Crippen LogP contribution in [0, 0.1) is 0 Å². The second kappa shape index (κ2) is 5.07. The van der Waals surface area contributed by atoms with Gasteiger partial charge in [0.25, 0.3) is 5.91 Å². The molecule has 0 saturated carbocycles. The minimum Gasteiger partial charge on any atom is -0.397 e. The lowest BCUT2D eigenvalue weighted by atomic mass is 10.2. The van der Waals surface area contributed by atoms with Crippen LogP contribution in [0.4, 0.5) is 5.69 Å². The number of hydrogen-bond donors (Lipinski definition) is 1. The summed E-state index contributed by atoms with van der Waals surface area (Å²) in [7, 11) is 4.12. The third-order valence-electron chi connectivity index (χ3n) is 4.01. The number of thiophene rings is 1. The molecule has 2 N–H and O–H groups in total. The summed E-state index contributed by atoms with van der Waals surface area (Å²) in [5, 5.41) is 0.990. The minimum atomic E-state index is 0.0769. The first kappa shape index (κ1) is 13.4. The molecule has 0 spiro atoms. The van der Waals surface area contributed by atoms with Crippen molar-refractivity contribution in [1.29, 1.82) is 0 Å². The molecular formula is C15H19N3OS. The molecule has 106 valence electrons. The number of anilines is 1. The predicted molar refractivity (Wildman–Crippen MR) is 84.2 cm³/mol. The Morgan fingerprint density at radius 1 is 1.40 bits per heavy atom. The third-order valence-corrected chi connectivity index (χ3v) is 5.18. The molecule has 1 aliphatic rings. The number of likely N-dealkylation sites (tertiary alicyclic amines) is 1. The van der Waals surface area contributed by atoms with Crippen molar-refractivity contribution in [3.05, 3.63) is 29.1 Å². The number of amides is 1. The summed E-state index contributed by atoms with van der Waals surface area (Å²) in [4.78, 5) is 17.4. The van der Waals surface area contributed by atoms with E-state index in [1.54, 1.807) is 0 Å². The molecule has 0 aliphatic carbocycles. The van der Waals surface area contributed by atoms with E-state index >= 15 is 0 Å². The molecule has 1 unspecified atom stereocenters. The van der Waals surface area contributed by atoms with Crippen LogP contribution in [0.15, 0.2) is 24.3 Å². The zero-order valence-corrected chi connectivity index (χ0v) is 12.6. The maximum atomic E-state index is 12.6. The van der Waals surface area contributed by atoms with Gasteiger partial charge in [0.15, 0.2) is 0 Å². The summed E-state index contributed by atoms with van der Waals surface area (Å²) in [6.07, 6.45) is 1.03. The van der Waals surface area contributed by atoms with E-state index in [0.29, 0.717) is 16.6 Å². The van der Waals surface area contributed by atoms with Gasteiger partial charge in [0.05, 0.1) is 5.69 Å². The number of nitrogen functional groups attached to an aromatic ring is 1. The summed E-state index contributed by atoms with van der Waals surface area (Å²) in [5.41, 5.74) is 6.78. The van der Waals surface area contributed by atoms with Gasteiger partial charge >= 0.3 is 0 Å². The van der Waals surface area contributed by atoms with Crippen LogP contribution < -0.4 is 5.73 Å². The summed E-state index contributed by atoms with van der Waals surface area (Å²) in [6.45, 7) is 1.61.